The molecule has 1 aromatic carbocycles. The highest BCUT2D eigenvalue weighted by molar-refractivity contribution is 7.91. The van der Waals surface area contributed by atoms with E-state index in [2.05, 4.69) is 5.32 Å². The molecule has 2 heterocycles. The number of halogens is 1. The molecule has 1 saturated heterocycles. The van der Waals surface area contributed by atoms with Gasteiger partial charge in [0.05, 0.1) is 30.8 Å². The van der Waals surface area contributed by atoms with E-state index in [4.69, 9.17) is 21.1 Å². The molecule has 1 unspecified atom stereocenters. The van der Waals surface area contributed by atoms with Crippen molar-refractivity contribution in [2.24, 2.45) is 5.92 Å². The van der Waals surface area contributed by atoms with Crippen molar-refractivity contribution in [1.82, 2.24) is 4.31 Å². The Morgan fingerprint density at radius 2 is 1.97 bits per heavy atom. The highest BCUT2D eigenvalue weighted by atomic mass is 35.5. The van der Waals surface area contributed by atoms with E-state index in [1.807, 2.05) is 6.92 Å². The minimum absolute atomic E-state index is 0.137. The summed E-state index contributed by atoms with van der Waals surface area (Å²) in [5.74, 6) is 0.0723. The second-order valence-electron chi connectivity index (χ2n) is 6.74. The molecule has 1 aliphatic heterocycles. The number of rotatable bonds is 6. The smallest absolute Gasteiger partial charge is 0.252 e. The Kier molecular flexibility index (Phi) is 6.72. The molecule has 0 aliphatic carbocycles. The van der Waals surface area contributed by atoms with E-state index in [9.17, 15) is 13.2 Å². The highest BCUT2D eigenvalue weighted by Gasteiger charge is 2.34. The van der Waals surface area contributed by atoms with Crippen molar-refractivity contribution in [1.29, 1.82) is 0 Å². The van der Waals surface area contributed by atoms with Crippen LogP contribution < -0.4 is 14.8 Å². The van der Waals surface area contributed by atoms with Crippen LogP contribution in [-0.2, 0) is 14.8 Å². The van der Waals surface area contributed by atoms with Crippen LogP contribution in [0.2, 0.25) is 5.02 Å². The number of benzene rings is 1. The Balaban J connectivity index is 1.77. The molecule has 1 amide bonds. The molecule has 29 heavy (non-hydrogen) atoms. The van der Waals surface area contributed by atoms with Gasteiger partial charge in [0, 0.05) is 30.1 Å². The Hall–Kier alpha value is -1.81. The van der Waals surface area contributed by atoms with Gasteiger partial charge in [-0.2, -0.15) is 4.31 Å². The third kappa shape index (κ3) is 4.69. The van der Waals surface area contributed by atoms with Crippen molar-refractivity contribution in [3.63, 3.8) is 0 Å². The van der Waals surface area contributed by atoms with E-state index in [1.165, 1.54) is 29.9 Å². The van der Waals surface area contributed by atoms with Gasteiger partial charge in [0.15, 0.2) is 0 Å². The molecule has 158 valence electrons. The van der Waals surface area contributed by atoms with Gasteiger partial charge in [-0.25, -0.2) is 8.42 Å². The van der Waals surface area contributed by atoms with Crippen LogP contribution >= 0.6 is 22.9 Å². The number of methoxy groups -OCH3 is 2. The molecular weight excluding hydrogens is 436 g/mol. The normalized spacial score (nSPS) is 17.7. The number of nitrogens with one attached hydrogen (secondary N) is 1. The van der Waals surface area contributed by atoms with Crippen LogP contribution in [0.5, 0.6) is 11.5 Å². The number of sulfonamides is 1. The van der Waals surface area contributed by atoms with Crippen LogP contribution in [0, 0.1) is 12.8 Å². The highest BCUT2D eigenvalue weighted by Crippen LogP contribution is 2.36. The standard InChI is InChI=1S/C19H23ClN2O5S2/c1-12-6-7-18(28-12)29(24,25)22-8-4-5-13(11-22)19(23)21-15-10-16(26-2)14(20)9-17(15)27-3/h6-7,9-10,13H,4-5,8,11H2,1-3H3,(H,21,23). The number of hydrogen-bond acceptors (Lipinski definition) is 6. The summed E-state index contributed by atoms with van der Waals surface area (Å²) in [5.41, 5.74) is 0.424. The Labute approximate surface area is 179 Å². The monoisotopic (exact) mass is 458 g/mol. The number of thiophene rings is 1. The lowest BCUT2D eigenvalue weighted by Gasteiger charge is -2.31. The third-order valence-corrected chi connectivity index (χ3v) is 8.43. The first kappa shape index (κ1) is 21.9. The molecule has 0 saturated carbocycles. The zero-order valence-corrected chi connectivity index (χ0v) is 18.8. The molecule has 0 bridgehead atoms. The first-order valence-corrected chi connectivity index (χ1v) is 11.7. The van der Waals surface area contributed by atoms with E-state index in [-0.39, 0.29) is 12.5 Å². The third-order valence-electron chi connectivity index (χ3n) is 4.80. The van der Waals surface area contributed by atoms with E-state index in [0.717, 1.165) is 4.88 Å². The average molecular weight is 459 g/mol. The summed E-state index contributed by atoms with van der Waals surface area (Å²) in [4.78, 5) is 13.8. The van der Waals surface area contributed by atoms with E-state index >= 15 is 0 Å². The van der Waals surface area contributed by atoms with Crippen molar-refractivity contribution in [2.45, 2.75) is 24.0 Å². The molecule has 0 radical (unpaired) electrons. The molecule has 7 nitrogen and oxygen atoms in total. The number of ether oxygens (including phenoxy) is 2. The molecule has 1 atom stereocenters. The zero-order chi connectivity index (χ0) is 21.2. The fourth-order valence-electron chi connectivity index (χ4n) is 3.25. The van der Waals surface area contributed by atoms with Gasteiger partial charge in [-0.1, -0.05) is 11.6 Å². The Bertz CT molecular complexity index is 1010. The molecule has 3 rings (SSSR count). The molecule has 1 fully saturated rings. The van der Waals surface area contributed by atoms with Gasteiger partial charge in [-0.3, -0.25) is 4.79 Å². The molecule has 10 heteroatoms. The minimum Gasteiger partial charge on any atom is -0.495 e. The van der Waals surface area contributed by atoms with Crippen molar-refractivity contribution in [2.75, 3.05) is 32.6 Å². The maximum atomic E-state index is 12.9. The Morgan fingerprint density at radius 3 is 2.59 bits per heavy atom. The summed E-state index contributed by atoms with van der Waals surface area (Å²) < 4.78 is 38.0. The lowest BCUT2D eigenvalue weighted by Crippen LogP contribution is -2.43. The van der Waals surface area contributed by atoms with Crippen LogP contribution in [0.25, 0.3) is 0 Å². The topological polar surface area (TPSA) is 84.9 Å². The lowest BCUT2D eigenvalue weighted by molar-refractivity contribution is -0.120. The summed E-state index contributed by atoms with van der Waals surface area (Å²) in [6.07, 6.45) is 1.22. The number of piperidine rings is 1. The zero-order valence-electron chi connectivity index (χ0n) is 16.4. The summed E-state index contributed by atoms with van der Waals surface area (Å²) in [6.45, 7) is 2.41. The van der Waals surface area contributed by atoms with Gasteiger partial charge >= 0.3 is 0 Å². The van der Waals surface area contributed by atoms with Crippen LogP contribution in [0.1, 0.15) is 17.7 Å². The largest absolute Gasteiger partial charge is 0.495 e. The number of hydrogen-bond donors (Lipinski definition) is 1. The second kappa shape index (κ2) is 8.91. The molecule has 1 aromatic heterocycles. The quantitative estimate of drug-likeness (QED) is 0.712. The van der Waals surface area contributed by atoms with Gasteiger partial charge in [0.1, 0.15) is 15.7 Å². The van der Waals surface area contributed by atoms with E-state index < -0.39 is 15.9 Å². The van der Waals surface area contributed by atoms with Crippen molar-refractivity contribution >= 4 is 44.6 Å². The van der Waals surface area contributed by atoms with Crippen LogP contribution in [0.3, 0.4) is 0 Å². The number of carbonyl (C=O) groups is 1. The van der Waals surface area contributed by atoms with Crippen LogP contribution in [-0.4, -0.2) is 45.9 Å². The maximum absolute atomic E-state index is 12.9. The van der Waals surface area contributed by atoms with Gasteiger partial charge in [0.25, 0.3) is 10.0 Å². The van der Waals surface area contributed by atoms with Crippen molar-refractivity contribution < 1.29 is 22.7 Å². The summed E-state index contributed by atoms with van der Waals surface area (Å²) in [7, 11) is -0.640. The molecular formula is C19H23ClN2O5S2. The fraction of sp³-hybridized carbons (Fsp3) is 0.421. The second-order valence-corrected chi connectivity index (χ2v) is 10.6. The van der Waals surface area contributed by atoms with E-state index in [0.29, 0.717) is 45.8 Å². The first-order chi connectivity index (χ1) is 13.8. The first-order valence-electron chi connectivity index (χ1n) is 9.05. The van der Waals surface area contributed by atoms with Gasteiger partial charge < -0.3 is 14.8 Å². The van der Waals surface area contributed by atoms with Gasteiger partial charge in [-0.05, 0) is 31.9 Å². The molecule has 1 N–H and O–H groups in total. The number of anilines is 1. The van der Waals surface area contributed by atoms with Crippen LogP contribution in [0.4, 0.5) is 5.69 Å². The number of carbonyl (C=O) groups excluding carboxylic acids is 1. The predicted molar refractivity (Wildman–Crippen MR) is 114 cm³/mol. The summed E-state index contributed by atoms with van der Waals surface area (Å²) >= 11 is 7.34. The maximum Gasteiger partial charge on any atom is 0.252 e. The number of aryl methyl sites for hydroxylation is 1. The SMILES string of the molecule is COc1cc(NC(=O)C2CCCN(S(=O)(=O)c3ccc(C)s3)C2)c(OC)cc1Cl. The number of nitrogens with zero attached hydrogens (tertiary/aromatic N) is 1. The lowest BCUT2D eigenvalue weighted by atomic mass is 9.98. The average Bonchev–Trinajstić information content (AvgIpc) is 3.16. The van der Waals surface area contributed by atoms with Crippen molar-refractivity contribution in [3.8, 4) is 11.5 Å². The predicted octanol–water partition coefficient (Wildman–Crippen LogP) is 3.77. The van der Waals surface area contributed by atoms with Gasteiger partial charge in [0.2, 0.25) is 5.91 Å². The molecule has 2 aromatic rings. The van der Waals surface area contributed by atoms with Crippen LogP contribution in [0.15, 0.2) is 28.5 Å². The summed E-state index contributed by atoms with van der Waals surface area (Å²) in [6, 6.07) is 6.55. The Morgan fingerprint density at radius 1 is 1.24 bits per heavy atom. The number of amides is 1. The summed E-state index contributed by atoms with van der Waals surface area (Å²) in [5, 5.41) is 3.19. The van der Waals surface area contributed by atoms with E-state index in [1.54, 1.807) is 24.3 Å². The van der Waals surface area contributed by atoms with Gasteiger partial charge in [-0.15, -0.1) is 11.3 Å². The van der Waals surface area contributed by atoms with Crippen molar-refractivity contribution in [3.05, 3.63) is 34.2 Å². The minimum atomic E-state index is -3.60. The molecule has 1 aliphatic rings. The fourth-order valence-corrected chi connectivity index (χ4v) is 6.44. The molecule has 0 spiro atoms.